The Morgan fingerprint density at radius 3 is 2.27 bits per heavy atom. The lowest BCUT2D eigenvalue weighted by atomic mass is 10.2. The van der Waals surface area contributed by atoms with E-state index in [1.165, 1.54) is 5.57 Å². The molecule has 0 aromatic carbocycles. The van der Waals surface area contributed by atoms with Crippen LogP contribution in [0.3, 0.4) is 0 Å². The highest BCUT2D eigenvalue weighted by atomic mass is 13.8. The molecule has 0 aliphatic heterocycles. The Hall–Kier alpha value is -0.780. The summed E-state index contributed by atoms with van der Waals surface area (Å²) >= 11 is 0. The molecule has 0 nitrogen and oxygen atoms in total. The van der Waals surface area contributed by atoms with Gasteiger partial charge >= 0.3 is 0 Å². The smallest absolute Gasteiger partial charge is 0.0376 e. The highest BCUT2D eigenvalue weighted by Crippen LogP contribution is 1.96. The Bertz CT molecular complexity index is 159. The molecule has 0 fully saturated rings. The third-order valence-electron chi connectivity index (χ3n) is 1.35. The fourth-order valence-electron chi connectivity index (χ4n) is 0.715. The van der Waals surface area contributed by atoms with Crippen LogP contribution in [-0.4, -0.2) is 0 Å². The van der Waals surface area contributed by atoms with E-state index in [1.54, 1.807) is 0 Å². The maximum absolute atomic E-state index is 2.17. The molecule has 62 valence electrons. The molecule has 0 radical (unpaired) electrons. The van der Waals surface area contributed by atoms with Gasteiger partial charge in [-0.3, -0.25) is 0 Å². The van der Waals surface area contributed by atoms with Gasteiger partial charge in [-0.05, 0) is 19.8 Å². The number of rotatable bonds is 4. The maximum Gasteiger partial charge on any atom is -0.0376 e. The van der Waals surface area contributed by atoms with E-state index in [4.69, 9.17) is 0 Å². The minimum absolute atomic E-state index is 1.11. The lowest BCUT2D eigenvalue weighted by Crippen LogP contribution is -1.65. The first-order valence-electron chi connectivity index (χ1n) is 4.31. The van der Waals surface area contributed by atoms with Crippen molar-refractivity contribution >= 4 is 0 Å². The van der Waals surface area contributed by atoms with Crippen molar-refractivity contribution < 1.29 is 0 Å². The molecule has 0 saturated carbocycles. The molecule has 0 unspecified atom stereocenters. The van der Waals surface area contributed by atoms with Crippen molar-refractivity contribution in [3.63, 3.8) is 0 Å². The molecule has 0 atom stereocenters. The molecule has 0 aromatic rings. The van der Waals surface area contributed by atoms with Crippen LogP contribution in [0.15, 0.2) is 36.0 Å². The predicted octanol–water partition coefficient (Wildman–Crippen LogP) is 3.87. The zero-order valence-corrected chi connectivity index (χ0v) is 7.80. The van der Waals surface area contributed by atoms with Gasteiger partial charge in [0, 0.05) is 0 Å². The van der Waals surface area contributed by atoms with Gasteiger partial charge in [0.1, 0.15) is 0 Å². The van der Waals surface area contributed by atoms with Crippen molar-refractivity contribution in [2.75, 3.05) is 0 Å². The normalized spacial score (nSPS) is 13.5. The van der Waals surface area contributed by atoms with Crippen molar-refractivity contribution in [2.24, 2.45) is 0 Å². The van der Waals surface area contributed by atoms with Crippen LogP contribution in [0, 0.1) is 0 Å². The van der Waals surface area contributed by atoms with Gasteiger partial charge in [0.15, 0.2) is 0 Å². The van der Waals surface area contributed by atoms with Crippen LogP contribution in [0.2, 0.25) is 0 Å². The SMILES string of the molecule is CC\C=C/C(C)=C\C=C\CC. The summed E-state index contributed by atoms with van der Waals surface area (Å²) < 4.78 is 0. The largest absolute Gasteiger partial charge is 0.0848 e. The van der Waals surface area contributed by atoms with Crippen LogP contribution in [0.1, 0.15) is 33.6 Å². The van der Waals surface area contributed by atoms with E-state index in [2.05, 4.69) is 51.2 Å². The molecule has 0 aromatic heterocycles. The monoisotopic (exact) mass is 150 g/mol. The molecule has 0 saturated heterocycles. The lowest BCUT2D eigenvalue weighted by Gasteiger charge is -1.86. The van der Waals surface area contributed by atoms with Crippen LogP contribution in [-0.2, 0) is 0 Å². The average Bonchev–Trinajstić information content (AvgIpc) is 2.01. The van der Waals surface area contributed by atoms with Gasteiger partial charge in [-0.25, -0.2) is 0 Å². The molecule has 0 N–H and O–H groups in total. The first-order valence-corrected chi connectivity index (χ1v) is 4.31. The Balaban J connectivity index is 3.80. The van der Waals surface area contributed by atoms with Gasteiger partial charge in [0.2, 0.25) is 0 Å². The van der Waals surface area contributed by atoms with Crippen LogP contribution < -0.4 is 0 Å². The standard InChI is InChI=1S/C11H18/c1-4-6-8-10-11(3)9-7-5-2/h6-10H,4-5H2,1-3H3/b8-6+,9-7-,11-10-. The molecule has 0 amide bonds. The topological polar surface area (TPSA) is 0 Å². The summed E-state index contributed by atoms with van der Waals surface area (Å²) in [4.78, 5) is 0. The fourth-order valence-corrected chi connectivity index (χ4v) is 0.715. The summed E-state index contributed by atoms with van der Waals surface area (Å²) in [5, 5.41) is 0. The summed E-state index contributed by atoms with van der Waals surface area (Å²) in [7, 11) is 0. The zero-order valence-electron chi connectivity index (χ0n) is 7.80. The van der Waals surface area contributed by atoms with Crippen molar-refractivity contribution in [2.45, 2.75) is 33.6 Å². The van der Waals surface area contributed by atoms with Gasteiger partial charge in [-0.15, -0.1) is 0 Å². The average molecular weight is 150 g/mol. The molecule has 0 aliphatic rings. The summed E-state index contributed by atoms with van der Waals surface area (Å²) in [6.45, 7) is 6.40. The molecule has 0 bridgehead atoms. The van der Waals surface area contributed by atoms with Crippen molar-refractivity contribution in [3.8, 4) is 0 Å². The molecule has 0 aliphatic carbocycles. The van der Waals surface area contributed by atoms with Crippen molar-refractivity contribution in [1.29, 1.82) is 0 Å². The molecule has 0 heterocycles. The molecule has 11 heavy (non-hydrogen) atoms. The van der Waals surface area contributed by atoms with E-state index >= 15 is 0 Å². The lowest BCUT2D eigenvalue weighted by molar-refractivity contribution is 1.21. The van der Waals surface area contributed by atoms with Crippen LogP contribution in [0.25, 0.3) is 0 Å². The summed E-state index contributed by atoms with van der Waals surface area (Å²) in [5.74, 6) is 0. The van der Waals surface area contributed by atoms with Crippen molar-refractivity contribution in [3.05, 3.63) is 36.0 Å². The van der Waals surface area contributed by atoms with Crippen LogP contribution >= 0.6 is 0 Å². The first kappa shape index (κ1) is 10.2. The van der Waals surface area contributed by atoms with E-state index in [9.17, 15) is 0 Å². The maximum atomic E-state index is 2.17. The Morgan fingerprint density at radius 1 is 1.09 bits per heavy atom. The van der Waals surface area contributed by atoms with E-state index < -0.39 is 0 Å². The van der Waals surface area contributed by atoms with Crippen molar-refractivity contribution in [1.82, 2.24) is 0 Å². The van der Waals surface area contributed by atoms with Gasteiger partial charge in [0.05, 0.1) is 0 Å². The van der Waals surface area contributed by atoms with E-state index in [1.807, 2.05) is 0 Å². The van der Waals surface area contributed by atoms with E-state index in [-0.39, 0.29) is 0 Å². The Kier molecular flexibility index (Phi) is 6.81. The van der Waals surface area contributed by atoms with Gasteiger partial charge in [0.25, 0.3) is 0 Å². The molecule has 0 spiro atoms. The molecule has 0 heteroatoms. The molecule has 0 rings (SSSR count). The minimum atomic E-state index is 1.11. The predicted molar refractivity (Wildman–Crippen MR) is 52.6 cm³/mol. The Labute approximate surface area is 70.3 Å². The number of hydrogen-bond acceptors (Lipinski definition) is 0. The summed E-state index contributed by atoms with van der Waals surface area (Å²) in [6, 6.07) is 0. The number of hydrogen-bond donors (Lipinski definition) is 0. The van der Waals surface area contributed by atoms with Crippen LogP contribution in [0.5, 0.6) is 0 Å². The third-order valence-corrected chi connectivity index (χ3v) is 1.35. The molecular formula is C11H18. The number of allylic oxidation sites excluding steroid dienone is 6. The highest BCUT2D eigenvalue weighted by molar-refractivity contribution is 5.21. The first-order chi connectivity index (χ1) is 5.31. The minimum Gasteiger partial charge on any atom is -0.0848 e. The third kappa shape index (κ3) is 7.11. The second-order valence-corrected chi connectivity index (χ2v) is 2.56. The van der Waals surface area contributed by atoms with Gasteiger partial charge < -0.3 is 0 Å². The highest BCUT2D eigenvalue weighted by Gasteiger charge is 1.75. The Morgan fingerprint density at radius 2 is 1.73 bits per heavy atom. The van der Waals surface area contributed by atoms with E-state index in [0.717, 1.165) is 12.8 Å². The zero-order chi connectivity index (χ0) is 8.53. The van der Waals surface area contributed by atoms with Gasteiger partial charge in [-0.1, -0.05) is 49.8 Å². The second kappa shape index (κ2) is 7.33. The fraction of sp³-hybridized carbons (Fsp3) is 0.455. The van der Waals surface area contributed by atoms with Gasteiger partial charge in [-0.2, -0.15) is 0 Å². The van der Waals surface area contributed by atoms with E-state index in [0.29, 0.717) is 0 Å². The molecular weight excluding hydrogens is 132 g/mol. The second-order valence-electron chi connectivity index (χ2n) is 2.56. The van der Waals surface area contributed by atoms with Crippen LogP contribution in [0.4, 0.5) is 0 Å². The summed E-state index contributed by atoms with van der Waals surface area (Å²) in [6.07, 6.45) is 12.9. The summed E-state index contributed by atoms with van der Waals surface area (Å²) in [5.41, 5.74) is 1.32. The quantitative estimate of drug-likeness (QED) is 0.534.